The maximum atomic E-state index is 13.9. The minimum atomic E-state index is -0.896. The fourth-order valence-electron chi connectivity index (χ4n) is 4.81. The van der Waals surface area contributed by atoms with Gasteiger partial charge in [0.05, 0.1) is 41.6 Å². The number of fused-ring (bicyclic) bond motifs is 1. The van der Waals surface area contributed by atoms with Crippen LogP contribution in [0.2, 0.25) is 0 Å². The number of carbonyl (C=O) groups excluding carboxylic acids is 1. The second-order valence-corrected chi connectivity index (χ2v) is 10.4. The number of thiazole rings is 1. The fraction of sp³-hybridized carbons (Fsp3) is 0.233. The molecule has 0 saturated heterocycles. The van der Waals surface area contributed by atoms with Crippen LogP contribution in [0.25, 0.3) is 17.4 Å². The first-order valence-electron chi connectivity index (χ1n) is 12.9. The van der Waals surface area contributed by atoms with E-state index in [1.165, 1.54) is 24.9 Å². The van der Waals surface area contributed by atoms with Gasteiger partial charge in [-0.1, -0.05) is 23.5 Å². The lowest BCUT2D eigenvalue weighted by molar-refractivity contribution is -0.385. The molecule has 0 spiro atoms. The zero-order valence-corrected chi connectivity index (χ0v) is 24.3. The average Bonchev–Trinajstić information content (AvgIpc) is 3.56. The van der Waals surface area contributed by atoms with Gasteiger partial charge in [0.25, 0.3) is 11.2 Å². The summed E-state index contributed by atoms with van der Waals surface area (Å²) in [5.41, 5.74) is 1.82. The third-order valence-corrected chi connectivity index (χ3v) is 7.82. The smallest absolute Gasteiger partial charge is 0.338 e. The quantitative estimate of drug-likeness (QED) is 0.169. The lowest BCUT2D eigenvalue weighted by atomic mass is 9.95. The van der Waals surface area contributed by atoms with Gasteiger partial charge in [-0.25, -0.2) is 9.79 Å². The number of aromatic nitrogens is 1. The number of nitrogens with zero attached hydrogens (tertiary/aromatic N) is 3. The average molecular weight is 590 g/mol. The van der Waals surface area contributed by atoms with Crippen LogP contribution in [-0.4, -0.2) is 36.3 Å². The first-order chi connectivity index (χ1) is 20.2. The lowest BCUT2D eigenvalue weighted by Gasteiger charge is -2.26. The number of ether oxygens (including phenoxy) is 3. The Kier molecular flexibility index (Phi) is 7.81. The molecule has 0 unspecified atom stereocenters. The van der Waals surface area contributed by atoms with Crippen LogP contribution in [0, 0.1) is 17.0 Å². The van der Waals surface area contributed by atoms with E-state index in [9.17, 15) is 19.7 Å². The number of nitro groups is 1. The topological polar surface area (TPSA) is 135 Å². The van der Waals surface area contributed by atoms with Crippen LogP contribution >= 0.6 is 11.3 Å². The van der Waals surface area contributed by atoms with Crippen LogP contribution in [0.3, 0.4) is 0 Å². The van der Waals surface area contributed by atoms with Gasteiger partial charge in [0.2, 0.25) is 0 Å². The number of carbonyl (C=O) groups is 1. The molecule has 4 aromatic rings. The van der Waals surface area contributed by atoms with Crippen LogP contribution in [0.5, 0.6) is 11.5 Å². The number of furan rings is 1. The zero-order valence-electron chi connectivity index (χ0n) is 23.5. The predicted octanol–water partition coefficient (Wildman–Crippen LogP) is 4.29. The zero-order chi connectivity index (χ0) is 30.1. The first kappa shape index (κ1) is 28.6. The Morgan fingerprint density at radius 2 is 1.93 bits per heavy atom. The molecule has 0 saturated carbocycles. The minimum Gasteiger partial charge on any atom is -0.497 e. The summed E-state index contributed by atoms with van der Waals surface area (Å²) in [6.45, 7) is 5.21. The Bertz CT molecular complexity index is 1930. The summed E-state index contributed by atoms with van der Waals surface area (Å²) in [5.74, 6) is 1.16. The summed E-state index contributed by atoms with van der Waals surface area (Å²) >= 11 is 1.14. The molecule has 12 heteroatoms. The highest BCUT2D eigenvalue weighted by molar-refractivity contribution is 7.07. The van der Waals surface area contributed by atoms with E-state index in [2.05, 4.69) is 4.99 Å². The number of hydrogen-bond donors (Lipinski definition) is 0. The molecule has 0 amide bonds. The molecule has 0 bridgehead atoms. The Morgan fingerprint density at radius 3 is 2.62 bits per heavy atom. The molecule has 1 atom stereocenters. The van der Waals surface area contributed by atoms with Gasteiger partial charge in [-0.2, -0.15) is 0 Å². The van der Waals surface area contributed by atoms with Crippen molar-refractivity contribution in [3.05, 3.63) is 106 Å². The minimum absolute atomic E-state index is 0.0143. The van der Waals surface area contributed by atoms with Gasteiger partial charge in [-0.05, 0) is 51.1 Å². The van der Waals surface area contributed by atoms with Gasteiger partial charge >= 0.3 is 5.97 Å². The van der Waals surface area contributed by atoms with Crippen LogP contribution in [0.1, 0.15) is 36.8 Å². The van der Waals surface area contributed by atoms with Gasteiger partial charge < -0.3 is 18.6 Å². The second-order valence-electron chi connectivity index (χ2n) is 9.37. The van der Waals surface area contributed by atoms with E-state index < -0.39 is 22.5 Å². The van der Waals surface area contributed by atoms with Gasteiger partial charge in [0.15, 0.2) is 4.80 Å². The van der Waals surface area contributed by atoms with Gasteiger partial charge in [0.1, 0.15) is 29.1 Å². The number of nitro benzene ring substituents is 1. The van der Waals surface area contributed by atoms with Crippen molar-refractivity contribution >= 4 is 29.1 Å². The third-order valence-electron chi connectivity index (χ3n) is 6.84. The third kappa shape index (κ3) is 5.12. The Balaban J connectivity index is 1.66. The molecule has 216 valence electrons. The highest BCUT2D eigenvalue weighted by Crippen LogP contribution is 2.38. The van der Waals surface area contributed by atoms with Crippen molar-refractivity contribution in [3.63, 3.8) is 0 Å². The van der Waals surface area contributed by atoms with Crippen molar-refractivity contribution in [2.45, 2.75) is 26.8 Å². The summed E-state index contributed by atoms with van der Waals surface area (Å²) in [5, 5.41) is 11.4. The molecular weight excluding hydrogens is 562 g/mol. The molecular formula is C30H27N3O8S. The molecule has 0 N–H and O–H groups in total. The molecule has 5 rings (SSSR count). The van der Waals surface area contributed by atoms with Crippen molar-refractivity contribution < 1.29 is 28.3 Å². The number of benzene rings is 2. The van der Waals surface area contributed by atoms with E-state index >= 15 is 0 Å². The van der Waals surface area contributed by atoms with Crippen LogP contribution < -0.4 is 24.4 Å². The molecule has 0 radical (unpaired) electrons. The number of aryl methyl sites for hydroxylation is 1. The standard InChI is InChI=1S/C30H27N3O8S/c1-6-40-29(35)26-17(3)31-30-32(27(26)21-14-19(38-4)9-12-24(21)39-5)28(34)25(42-30)15-20-10-11-23(41-20)18-8-7-16(2)22(13-18)33(36)37/h7-15,27H,6H2,1-5H3/b25-15+/t27-/m1/s1. The van der Waals surface area contributed by atoms with E-state index in [0.29, 0.717) is 54.7 Å². The number of allylic oxidation sites excluding steroid dienone is 1. The Labute approximate surface area is 243 Å². The van der Waals surface area contributed by atoms with E-state index in [1.54, 1.807) is 69.3 Å². The summed E-state index contributed by atoms with van der Waals surface area (Å²) in [6.07, 6.45) is 1.58. The lowest BCUT2D eigenvalue weighted by Crippen LogP contribution is -2.40. The molecule has 42 heavy (non-hydrogen) atoms. The summed E-state index contributed by atoms with van der Waals surface area (Å²) in [4.78, 5) is 43.1. The van der Waals surface area contributed by atoms with Crippen LogP contribution in [-0.2, 0) is 9.53 Å². The maximum absolute atomic E-state index is 13.9. The number of esters is 1. The van der Waals surface area contributed by atoms with Crippen LogP contribution in [0.15, 0.2) is 74.0 Å². The SMILES string of the molecule is CCOC(=O)C1=C(C)N=c2s/c(=C/c3ccc(-c4ccc(C)c([N+](=O)[O-])c4)o3)c(=O)n2[C@@H]1c1cc(OC)ccc1OC. The van der Waals surface area contributed by atoms with Crippen molar-refractivity contribution in [3.8, 4) is 22.8 Å². The summed E-state index contributed by atoms with van der Waals surface area (Å²) in [7, 11) is 3.03. The monoisotopic (exact) mass is 589 g/mol. The van der Waals surface area contributed by atoms with Gasteiger partial charge in [-0.15, -0.1) is 0 Å². The molecule has 3 heterocycles. The summed E-state index contributed by atoms with van der Waals surface area (Å²) < 4.78 is 24.1. The highest BCUT2D eigenvalue weighted by atomic mass is 32.1. The molecule has 2 aromatic carbocycles. The highest BCUT2D eigenvalue weighted by Gasteiger charge is 2.35. The first-order valence-corrected chi connectivity index (χ1v) is 13.7. The Morgan fingerprint density at radius 1 is 1.14 bits per heavy atom. The normalized spacial score (nSPS) is 14.8. The molecule has 11 nitrogen and oxygen atoms in total. The van der Waals surface area contributed by atoms with E-state index in [4.69, 9.17) is 18.6 Å². The van der Waals surface area contributed by atoms with E-state index in [-0.39, 0.29) is 17.9 Å². The fourth-order valence-corrected chi connectivity index (χ4v) is 5.84. The maximum Gasteiger partial charge on any atom is 0.338 e. The molecule has 1 aliphatic heterocycles. The van der Waals surface area contributed by atoms with Gasteiger partial charge in [-0.3, -0.25) is 19.5 Å². The molecule has 0 aliphatic carbocycles. The summed E-state index contributed by atoms with van der Waals surface area (Å²) in [6, 6.07) is 12.5. The van der Waals surface area contributed by atoms with Crippen molar-refractivity contribution in [2.75, 3.05) is 20.8 Å². The molecule has 0 fully saturated rings. The number of rotatable bonds is 8. The van der Waals surface area contributed by atoms with Gasteiger partial charge in [0, 0.05) is 28.8 Å². The second kappa shape index (κ2) is 11.5. The molecule has 1 aliphatic rings. The predicted molar refractivity (Wildman–Crippen MR) is 155 cm³/mol. The molecule has 2 aromatic heterocycles. The van der Waals surface area contributed by atoms with Crippen molar-refractivity contribution in [2.24, 2.45) is 4.99 Å². The van der Waals surface area contributed by atoms with Crippen LogP contribution in [0.4, 0.5) is 5.69 Å². The van der Waals surface area contributed by atoms with Crippen molar-refractivity contribution in [1.29, 1.82) is 0 Å². The van der Waals surface area contributed by atoms with Crippen molar-refractivity contribution in [1.82, 2.24) is 4.57 Å². The van der Waals surface area contributed by atoms with E-state index in [1.807, 2.05) is 0 Å². The Hall–Kier alpha value is -4.97. The largest absolute Gasteiger partial charge is 0.497 e. The number of methoxy groups -OCH3 is 2. The van der Waals surface area contributed by atoms with E-state index in [0.717, 1.165) is 11.3 Å². The number of hydrogen-bond acceptors (Lipinski definition) is 10.